The van der Waals surface area contributed by atoms with Gasteiger partial charge < -0.3 is 0 Å². The van der Waals surface area contributed by atoms with E-state index < -0.39 is 17.6 Å². The predicted octanol–water partition coefficient (Wildman–Crippen LogP) is 4.34. The number of hydrogen-bond acceptors (Lipinski definition) is 1. The van der Waals surface area contributed by atoms with Crippen molar-refractivity contribution in [3.8, 4) is 0 Å². The number of Topliss-reactive ketones (excluding diaryl/α,β-unsaturated/α-hetero) is 1. The molecule has 0 amide bonds. The topological polar surface area (TPSA) is 17.1 Å². The van der Waals surface area contributed by atoms with E-state index in [0.717, 1.165) is 17.7 Å². The standard InChI is InChI=1S/C16H14F2O/c1-2-13(11-6-4-3-5-7-11)16(19)14-9-8-12(17)10-15(14)18/h3-10,13H,2H2,1H3. The summed E-state index contributed by atoms with van der Waals surface area (Å²) in [5.41, 5.74) is 0.788. The van der Waals surface area contributed by atoms with Gasteiger partial charge in [0.05, 0.1) is 5.56 Å². The van der Waals surface area contributed by atoms with Crippen molar-refractivity contribution in [2.75, 3.05) is 0 Å². The molecule has 3 heteroatoms. The van der Waals surface area contributed by atoms with E-state index in [4.69, 9.17) is 0 Å². The molecule has 0 N–H and O–H groups in total. The molecule has 0 aliphatic rings. The van der Waals surface area contributed by atoms with Gasteiger partial charge in [-0.1, -0.05) is 37.3 Å². The van der Waals surface area contributed by atoms with Gasteiger partial charge >= 0.3 is 0 Å². The second-order valence-corrected chi connectivity index (χ2v) is 4.36. The Hall–Kier alpha value is -2.03. The van der Waals surface area contributed by atoms with Gasteiger partial charge in [0.15, 0.2) is 5.78 Å². The number of benzene rings is 2. The Morgan fingerprint density at radius 2 is 1.79 bits per heavy atom. The van der Waals surface area contributed by atoms with Crippen LogP contribution in [-0.2, 0) is 0 Å². The zero-order valence-electron chi connectivity index (χ0n) is 10.6. The van der Waals surface area contributed by atoms with Gasteiger partial charge in [0.1, 0.15) is 11.6 Å². The first-order valence-corrected chi connectivity index (χ1v) is 6.17. The molecule has 1 unspecified atom stereocenters. The second-order valence-electron chi connectivity index (χ2n) is 4.36. The molecule has 2 rings (SSSR count). The van der Waals surface area contributed by atoms with Crippen molar-refractivity contribution in [1.29, 1.82) is 0 Å². The van der Waals surface area contributed by atoms with E-state index >= 15 is 0 Å². The minimum Gasteiger partial charge on any atom is -0.293 e. The lowest BCUT2D eigenvalue weighted by Gasteiger charge is -2.14. The van der Waals surface area contributed by atoms with Crippen LogP contribution in [0.2, 0.25) is 0 Å². The van der Waals surface area contributed by atoms with Gasteiger partial charge in [-0.25, -0.2) is 8.78 Å². The number of hydrogen-bond donors (Lipinski definition) is 0. The summed E-state index contributed by atoms with van der Waals surface area (Å²) < 4.78 is 26.5. The number of carbonyl (C=O) groups excluding carboxylic acids is 1. The maximum Gasteiger partial charge on any atom is 0.173 e. The van der Waals surface area contributed by atoms with Crippen molar-refractivity contribution in [2.24, 2.45) is 0 Å². The van der Waals surface area contributed by atoms with Crippen molar-refractivity contribution >= 4 is 5.78 Å². The Labute approximate surface area is 110 Å². The average molecular weight is 260 g/mol. The van der Waals surface area contributed by atoms with Crippen LogP contribution in [0.5, 0.6) is 0 Å². The van der Waals surface area contributed by atoms with E-state index in [-0.39, 0.29) is 11.3 Å². The maximum atomic E-state index is 13.7. The molecule has 2 aromatic rings. The number of rotatable bonds is 4. The zero-order chi connectivity index (χ0) is 13.8. The van der Waals surface area contributed by atoms with Gasteiger partial charge in [0, 0.05) is 12.0 Å². The third-order valence-electron chi connectivity index (χ3n) is 3.12. The monoisotopic (exact) mass is 260 g/mol. The van der Waals surface area contributed by atoms with Gasteiger partial charge in [-0.15, -0.1) is 0 Å². The molecule has 0 radical (unpaired) electrons. The highest BCUT2D eigenvalue weighted by molar-refractivity contribution is 6.01. The van der Waals surface area contributed by atoms with Crippen LogP contribution in [0.1, 0.15) is 35.2 Å². The van der Waals surface area contributed by atoms with Crippen molar-refractivity contribution in [3.05, 3.63) is 71.3 Å². The Morgan fingerprint density at radius 1 is 1.11 bits per heavy atom. The van der Waals surface area contributed by atoms with Crippen LogP contribution in [0.4, 0.5) is 8.78 Å². The van der Waals surface area contributed by atoms with E-state index in [9.17, 15) is 13.6 Å². The van der Waals surface area contributed by atoms with Crippen molar-refractivity contribution in [2.45, 2.75) is 19.3 Å². The third kappa shape index (κ3) is 2.87. The minimum atomic E-state index is -0.806. The summed E-state index contributed by atoms with van der Waals surface area (Å²) >= 11 is 0. The maximum absolute atomic E-state index is 13.7. The highest BCUT2D eigenvalue weighted by Crippen LogP contribution is 2.25. The molecule has 0 aliphatic heterocycles. The van der Waals surface area contributed by atoms with E-state index in [1.54, 1.807) is 0 Å². The van der Waals surface area contributed by atoms with E-state index in [0.29, 0.717) is 6.42 Å². The lowest BCUT2D eigenvalue weighted by atomic mass is 9.88. The SMILES string of the molecule is CCC(C(=O)c1ccc(F)cc1F)c1ccccc1. The fourth-order valence-electron chi connectivity index (χ4n) is 2.13. The number of halogens is 2. The van der Waals surface area contributed by atoms with Crippen molar-refractivity contribution in [3.63, 3.8) is 0 Å². The summed E-state index contributed by atoms with van der Waals surface area (Å²) in [5.74, 6) is -2.20. The van der Waals surface area contributed by atoms with Gasteiger partial charge in [0.2, 0.25) is 0 Å². The fraction of sp³-hybridized carbons (Fsp3) is 0.188. The molecule has 0 heterocycles. The Kier molecular flexibility index (Phi) is 4.05. The fourth-order valence-corrected chi connectivity index (χ4v) is 2.13. The molecule has 1 nitrogen and oxygen atoms in total. The molecular formula is C16H14F2O. The lowest BCUT2D eigenvalue weighted by Crippen LogP contribution is -2.14. The van der Waals surface area contributed by atoms with Crippen molar-refractivity contribution in [1.82, 2.24) is 0 Å². The smallest absolute Gasteiger partial charge is 0.173 e. The molecule has 19 heavy (non-hydrogen) atoms. The summed E-state index contributed by atoms with van der Waals surface area (Å²) in [5, 5.41) is 0. The van der Waals surface area contributed by atoms with Gasteiger partial charge in [-0.3, -0.25) is 4.79 Å². The lowest BCUT2D eigenvalue weighted by molar-refractivity contribution is 0.0953. The third-order valence-corrected chi connectivity index (χ3v) is 3.12. The summed E-state index contributed by atoms with van der Waals surface area (Å²) in [6, 6.07) is 12.3. The quantitative estimate of drug-likeness (QED) is 0.747. The molecule has 0 spiro atoms. The van der Waals surface area contributed by atoms with E-state index in [1.807, 2.05) is 37.3 Å². The van der Waals surface area contributed by atoms with Gasteiger partial charge in [-0.05, 0) is 24.1 Å². The molecule has 0 bridgehead atoms. The first-order valence-electron chi connectivity index (χ1n) is 6.17. The number of carbonyl (C=O) groups is 1. The van der Waals surface area contributed by atoms with Crippen LogP contribution < -0.4 is 0 Å². The van der Waals surface area contributed by atoms with Crippen molar-refractivity contribution < 1.29 is 13.6 Å². The summed E-state index contributed by atoms with van der Waals surface area (Å²) in [7, 11) is 0. The first kappa shape index (κ1) is 13.4. The normalized spacial score (nSPS) is 12.2. The molecule has 0 saturated carbocycles. The Morgan fingerprint density at radius 3 is 2.37 bits per heavy atom. The average Bonchev–Trinajstić information content (AvgIpc) is 2.40. The number of ketones is 1. The van der Waals surface area contributed by atoms with E-state index in [2.05, 4.69) is 0 Å². The molecule has 1 atom stereocenters. The molecule has 98 valence electrons. The van der Waals surface area contributed by atoms with Gasteiger partial charge in [-0.2, -0.15) is 0 Å². The molecule has 0 saturated heterocycles. The molecule has 0 aromatic heterocycles. The summed E-state index contributed by atoms with van der Waals surface area (Å²) in [6.45, 7) is 1.87. The molecular weight excluding hydrogens is 246 g/mol. The zero-order valence-corrected chi connectivity index (χ0v) is 10.6. The Bertz CT molecular complexity index is 579. The predicted molar refractivity (Wildman–Crippen MR) is 70.2 cm³/mol. The molecule has 0 aliphatic carbocycles. The van der Waals surface area contributed by atoms with Crippen LogP contribution in [0.25, 0.3) is 0 Å². The van der Waals surface area contributed by atoms with Crippen LogP contribution in [0, 0.1) is 11.6 Å². The largest absolute Gasteiger partial charge is 0.293 e. The molecule has 2 aromatic carbocycles. The van der Waals surface area contributed by atoms with E-state index in [1.165, 1.54) is 6.07 Å². The first-order chi connectivity index (χ1) is 9.13. The highest BCUT2D eigenvalue weighted by Gasteiger charge is 2.22. The van der Waals surface area contributed by atoms with Crippen LogP contribution in [-0.4, -0.2) is 5.78 Å². The summed E-state index contributed by atoms with van der Waals surface area (Å²) in [6.07, 6.45) is 0.569. The van der Waals surface area contributed by atoms with Crippen LogP contribution >= 0.6 is 0 Å². The summed E-state index contributed by atoms with van der Waals surface area (Å²) in [4.78, 5) is 12.3. The highest BCUT2D eigenvalue weighted by atomic mass is 19.1. The Balaban J connectivity index is 2.36. The molecule has 0 fully saturated rings. The second kappa shape index (κ2) is 5.74. The van der Waals surface area contributed by atoms with Crippen LogP contribution in [0.3, 0.4) is 0 Å². The van der Waals surface area contributed by atoms with Crippen LogP contribution in [0.15, 0.2) is 48.5 Å². The van der Waals surface area contributed by atoms with Gasteiger partial charge in [0.25, 0.3) is 0 Å². The minimum absolute atomic E-state index is 0.0582.